The predicted octanol–water partition coefficient (Wildman–Crippen LogP) is 1.54. The third-order valence-electron chi connectivity index (χ3n) is 3.04. The lowest BCUT2D eigenvalue weighted by Crippen LogP contribution is -2.50. The number of nitrogens with zero attached hydrogens (tertiary/aromatic N) is 3. The van der Waals surface area contributed by atoms with E-state index in [1.807, 2.05) is 0 Å². The largest absolute Gasteiger partial charge is 0.401 e. The fourth-order valence-corrected chi connectivity index (χ4v) is 2.08. The Labute approximate surface area is 113 Å². The number of hydrogen-bond donors (Lipinski definition) is 0. The smallest absolute Gasteiger partial charge is 0.336 e. The van der Waals surface area contributed by atoms with Crippen molar-refractivity contribution in [1.82, 2.24) is 14.8 Å². The molecule has 1 amide bonds. The summed E-state index contributed by atoms with van der Waals surface area (Å²) in [4.78, 5) is 18.0. The van der Waals surface area contributed by atoms with E-state index in [1.165, 1.54) is 22.1 Å². The number of aromatic nitrogens is 1. The fraction of sp³-hybridized carbons (Fsp3) is 0.500. The molecule has 1 aromatic rings. The van der Waals surface area contributed by atoms with E-state index in [0.29, 0.717) is 0 Å². The minimum absolute atomic E-state index is 0.152. The zero-order valence-electron chi connectivity index (χ0n) is 10.5. The summed E-state index contributed by atoms with van der Waals surface area (Å²) in [6.07, 6.45) is -3.05. The van der Waals surface area contributed by atoms with Gasteiger partial charge in [-0.05, 0) is 6.07 Å². The molecule has 8 heteroatoms. The fourth-order valence-electron chi connectivity index (χ4n) is 2.08. The van der Waals surface area contributed by atoms with Crippen LogP contribution in [0, 0.1) is 5.95 Å². The monoisotopic (exact) mass is 291 g/mol. The zero-order chi connectivity index (χ0) is 14.8. The molecule has 0 bridgehead atoms. The van der Waals surface area contributed by atoms with Gasteiger partial charge in [-0.1, -0.05) is 0 Å². The van der Waals surface area contributed by atoms with Gasteiger partial charge in [-0.3, -0.25) is 9.69 Å². The number of rotatable bonds is 2. The Hall–Kier alpha value is -1.70. The van der Waals surface area contributed by atoms with Crippen molar-refractivity contribution in [2.45, 2.75) is 6.18 Å². The molecule has 0 atom stereocenters. The first-order chi connectivity index (χ1) is 9.35. The highest BCUT2D eigenvalue weighted by atomic mass is 19.4. The molecule has 0 N–H and O–H groups in total. The van der Waals surface area contributed by atoms with E-state index in [9.17, 15) is 22.4 Å². The second-order valence-electron chi connectivity index (χ2n) is 4.55. The summed E-state index contributed by atoms with van der Waals surface area (Å²) in [6, 6.07) is 2.40. The van der Waals surface area contributed by atoms with Crippen molar-refractivity contribution in [3.8, 4) is 0 Å². The molecule has 1 saturated heterocycles. The van der Waals surface area contributed by atoms with Gasteiger partial charge >= 0.3 is 6.18 Å². The molecule has 1 fully saturated rings. The molecule has 0 aliphatic carbocycles. The molecule has 20 heavy (non-hydrogen) atoms. The van der Waals surface area contributed by atoms with Crippen molar-refractivity contribution in [1.29, 1.82) is 0 Å². The van der Waals surface area contributed by atoms with Gasteiger partial charge in [0.2, 0.25) is 5.95 Å². The molecule has 110 valence electrons. The van der Waals surface area contributed by atoms with E-state index in [1.54, 1.807) is 0 Å². The van der Waals surface area contributed by atoms with Gasteiger partial charge in [0.15, 0.2) is 0 Å². The van der Waals surface area contributed by atoms with E-state index < -0.39 is 24.6 Å². The van der Waals surface area contributed by atoms with Gasteiger partial charge in [0.1, 0.15) is 0 Å². The minimum atomic E-state index is -4.24. The van der Waals surface area contributed by atoms with Crippen LogP contribution in [0.5, 0.6) is 0 Å². The first-order valence-corrected chi connectivity index (χ1v) is 6.05. The Morgan fingerprint density at radius 1 is 1.25 bits per heavy atom. The van der Waals surface area contributed by atoms with E-state index in [-0.39, 0.29) is 31.7 Å². The first-order valence-electron chi connectivity index (χ1n) is 6.05. The minimum Gasteiger partial charge on any atom is -0.336 e. The van der Waals surface area contributed by atoms with Gasteiger partial charge in [0, 0.05) is 44.0 Å². The van der Waals surface area contributed by atoms with Crippen molar-refractivity contribution in [3.05, 3.63) is 29.8 Å². The van der Waals surface area contributed by atoms with Crippen LogP contribution in [0.15, 0.2) is 18.3 Å². The molecule has 0 saturated carbocycles. The molecular weight excluding hydrogens is 278 g/mol. The lowest BCUT2D eigenvalue weighted by Gasteiger charge is -2.35. The summed E-state index contributed by atoms with van der Waals surface area (Å²) in [5.74, 6) is -1.15. The number of carbonyl (C=O) groups excluding carboxylic acids is 1. The summed E-state index contributed by atoms with van der Waals surface area (Å²) in [7, 11) is 0. The Morgan fingerprint density at radius 2 is 1.90 bits per heavy atom. The molecule has 0 unspecified atom stereocenters. The summed E-state index contributed by atoms with van der Waals surface area (Å²) < 4.78 is 49.6. The number of amides is 1. The average Bonchev–Trinajstić information content (AvgIpc) is 2.37. The quantitative estimate of drug-likeness (QED) is 0.612. The van der Waals surface area contributed by atoms with Crippen LogP contribution in [0.3, 0.4) is 0 Å². The molecule has 1 aliphatic rings. The van der Waals surface area contributed by atoms with Gasteiger partial charge in [-0.25, -0.2) is 4.98 Å². The highest BCUT2D eigenvalue weighted by Crippen LogP contribution is 2.18. The van der Waals surface area contributed by atoms with Crippen LogP contribution in [0.2, 0.25) is 0 Å². The van der Waals surface area contributed by atoms with Crippen LogP contribution in [0.4, 0.5) is 17.6 Å². The van der Waals surface area contributed by atoms with Crippen molar-refractivity contribution < 1.29 is 22.4 Å². The molecule has 1 aromatic heterocycles. The van der Waals surface area contributed by atoms with Crippen LogP contribution in [-0.2, 0) is 0 Å². The van der Waals surface area contributed by atoms with Gasteiger partial charge in [0.25, 0.3) is 5.91 Å². The third-order valence-corrected chi connectivity index (χ3v) is 3.04. The topological polar surface area (TPSA) is 36.4 Å². The second-order valence-corrected chi connectivity index (χ2v) is 4.55. The van der Waals surface area contributed by atoms with Gasteiger partial charge < -0.3 is 4.90 Å². The first kappa shape index (κ1) is 14.7. The second kappa shape index (κ2) is 5.74. The van der Waals surface area contributed by atoms with E-state index in [0.717, 1.165) is 6.07 Å². The number of alkyl halides is 3. The van der Waals surface area contributed by atoms with Crippen molar-refractivity contribution in [2.75, 3.05) is 32.7 Å². The van der Waals surface area contributed by atoms with Crippen molar-refractivity contribution in [2.24, 2.45) is 0 Å². The van der Waals surface area contributed by atoms with Gasteiger partial charge in [0.05, 0.1) is 6.54 Å². The molecule has 2 heterocycles. The highest BCUT2D eigenvalue weighted by molar-refractivity contribution is 5.94. The average molecular weight is 291 g/mol. The Kier molecular flexibility index (Phi) is 4.22. The van der Waals surface area contributed by atoms with Gasteiger partial charge in [-0.15, -0.1) is 0 Å². The summed E-state index contributed by atoms with van der Waals surface area (Å²) in [5.41, 5.74) is 0.154. The summed E-state index contributed by atoms with van der Waals surface area (Å²) in [5, 5.41) is 0. The summed E-state index contributed by atoms with van der Waals surface area (Å²) in [6.45, 7) is -0.283. The lowest BCUT2D eigenvalue weighted by atomic mass is 10.2. The van der Waals surface area contributed by atoms with Crippen LogP contribution in [0.25, 0.3) is 0 Å². The Bertz CT molecular complexity index is 484. The van der Waals surface area contributed by atoms with Crippen LogP contribution < -0.4 is 0 Å². The molecular formula is C12H13F4N3O. The maximum absolute atomic E-state index is 12.9. The van der Waals surface area contributed by atoms with E-state index in [2.05, 4.69) is 4.98 Å². The molecule has 0 spiro atoms. The number of halogens is 4. The SMILES string of the molecule is O=C(c1ccnc(F)c1)N1CCN(CC(F)(F)F)CC1. The number of pyridine rings is 1. The van der Waals surface area contributed by atoms with Crippen LogP contribution in [-0.4, -0.2) is 59.6 Å². The van der Waals surface area contributed by atoms with Crippen LogP contribution in [0.1, 0.15) is 10.4 Å². The molecule has 0 radical (unpaired) electrons. The Morgan fingerprint density at radius 3 is 2.45 bits per heavy atom. The normalized spacial score (nSPS) is 17.3. The van der Waals surface area contributed by atoms with E-state index >= 15 is 0 Å². The van der Waals surface area contributed by atoms with Crippen molar-refractivity contribution in [3.63, 3.8) is 0 Å². The lowest BCUT2D eigenvalue weighted by molar-refractivity contribution is -0.148. The molecule has 0 aromatic carbocycles. The molecule has 4 nitrogen and oxygen atoms in total. The molecule has 2 rings (SSSR count). The highest BCUT2D eigenvalue weighted by Gasteiger charge is 2.32. The number of piperazine rings is 1. The number of hydrogen-bond acceptors (Lipinski definition) is 3. The van der Waals surface area contributed by atoms with Gasteiger partial charge in [-0.2, -0.15) is 17.6 Å². The van der Waals surface area contributed by atoms with Crippen LogP contribution >= 0.6 is 0 Å². The zero-order valence-corrected chi connectivity index (χ0v) is 10.5. The third kappa shape index (κ3) is 3.89. The Balaban J connectivity index is 1.92. The maximum atomic E-state index is 12.9. The van der Waals surface area contributed by atoms with Crippen molar-refractivity contribution >= 4 is 5.91 Å². The summed E-state index contributed by atoms with van der Waals surface area (Å²) >= 11 is 0. The molecule has 1 aliphatic heterocycles. The van der Waals surface area contributed by atoms with E-state index in [4.69, 9.17) is 0 Å². The standard InChI is InChI=1S/C12H13F4N3O/c13-10-7-9(1-2-17-10)11(20)19-5-3-18(4-6-19)8-12(14,15)16/h1-2,7H,3-6,8H2. The predicted molar refractivity (Wildman–Crippen MR) is 62.6 cm³/mol. The number of carbonyl (C=O) groups is 1. The maximum Gasteiger partial charge on any atom is 0.401 e.